The molecule has 0 saturated carbocycles. The Morgan fingerprint density at radius 2 is 2.12 bits per heavy atom. The first-order valence-corrected chi connectivity index (χ1v) is 8.97. The van der Waals surface area contributed by atoms with E-state index in [9.17, 15) is 4.79 Å². The topological polar surface area (TPSA) is 85.8 Å². The van der Waals surface area contributed by atoms with Crippen LogP contribution in [0.4, 0.5) is 5.69 Å². The number of anilines is 1. The van der Waals surface area contributed by atoms with Crippen LogP contribution < -0.4 is 5.32 Å². The average Bonchev–Trinajstić information content (AvgIpc) is 3.41. The third kappa shape index (κ3) is 3.70. The van der Waals surface area contributed by atoms with Crippen molar-refractivity contribution in [1.82, 2.24) is 19.9 Å². The van der Waals surface area contributed by atoms with E-state index in [0.717, 1.165) is 11.3 Å². The molecule has 3 aromatic heterocycles. The minimum absolute atomic E-state index is 0.132. The molecule has 130 valence electrons. The van der Waals surface area contributed by atoms with Gasteiger partial charge in [0, 0.05) is 23.8 Å². The Morgan fingerprint density at radius 1 is 1.23 bits per heavy atom. The molecule has 0 saturated heterocycles. The summed E-state index contributed by atoms with van der Waals surface area (Å²) in [5.41, 5.74) is 2.49. The van der Waals surface area contributed by atoms with Crippen LogP contribution in [0.1, 0.15) is 12.3 Å². The van der Waals surface area contributed by atoms with Gasteiger partial charge in [-0.05, 0) is 23.6 Å². The van der Waals surface area contributed by atoms with Gasteiger partial charge < -0.3 is 9.84 Å². The van der Waals surface area contributed by atoms with Gasteiger partial charge in [-0.1, -0.05) is 23.4 Å². The SMILES string of the molecule is O=C(CCc1nc(-c2ccsc2)no1)Nc1cnn(-c2ccccc2)c1. The van der Waals surface area contributed by atoms with Crippen molar-refractivity contribution < 1.29 is 9.32 Å². The molecule has 0 radical (unpaired) electrons. The molecule has 3 heterocycles. The number of hydrogen-bond donors (Lipinski definition) is 1. The van der Waals surface area contributed by atoms with Crippen molar-refractivity contribution in [2.45, 2.75) is 12.8 Å². The van der Waals surface area contributed by atoms with Gasteiger partial charge in [-0.2, -0.15) is 21.4 Å². The lowest BCUT2D eigenvalue weighted by atomic mass is 10.3. The second kappa shape index (κ2) is 7.32. The summed E-state index contributed by atoms with van der Waals surface area (Å²) in [5.74, 6) is 0.861. The molecule has 0 spiro atoms. The number of nitrogens with zero attached hydrogens (tertiary/aromatic N) is 4. The number of aromatic nitrogens is 4. The third-order valence-electron chi connectivity index (χ3n) is 3.70. The maximum absolute atomic E-state index is 12.1. The van der Waals surface area contributed by atoms with Gasteiger partial charge in [0.05, 0.1) is 23.8 Å². The van der Waals surface area contributed by atoms with Gasteiger partial charge in [-0.25, -0.2) is 4.68 Å². The normalized spacial score (nSPS) is 10.8. The lowest BCUT2D eigenvalue weighted by molar-refractivity contribution is -0.116. The Kier molecular flexibility index (Phi) is 4.57. The lowest BCUT2D eigenvalue weighted by Crippen LogP contribution is -2.12. The highest BCUT2D eigenvalue weighted by Crippen LogP contribution is 2.19. The van der Waals surface area contributed by atoms with Gasteiger partial charge in [-0.3, -0.25) is 4.79 Å². The fourth-order valence-corrected chi connectivity index (χ4v) is 3.05. The number of aryl methyl sites for hydroxylation is 1. The number of rotatable bonds is 6. The summed E-state index contributed by atoms with van der Waals surface area (Å²) < 4.78 is 6.91. The lowest BCUT2D eigenvalue weighted by Gasteiger charge is -2.01. The summed E-state index contributed by atoms with van der Waals surface area (Å²) in [4.78, 5) is 16.4. The molecule has 0 aliphatic carbocycles. The molecule has 4 aromatic rings. The van der Waals surface area contributed by atoms with E-state index in [1.807, 2.05) is 47.2 Å². The molecule has 0 atom stereocenters. The van der Waals surface area contributed by atoms with Crippen molar-refractivity contribution in [2.75, 3.05) is 5.32 Å². The standard InChI is InChI=1S/C18H15N5O2S/c24-16(6-7-17-21-18(22-25-17)13-8-9-26-12-13)20-14-10-19-23(11-14)15-4-2-1-3-5-15/h1-5,8-12H,6-7H2,(H,20,24). The highest BCUT2D eigenvalue weighted by Gasteiger charge is 2.11. The Labute approximate surface area is 153 Å². The summed E-state index contributed by atoms with van der Waals surface area (Å²) in [6.07, 6.45) is 4.03. The Bertz CT molecular complexity index is 992. The molecule has 1 amide bonds. The first-order chi connectivity index (χ1) is 12.8. The minimum Gasteiger partial charge on any atom is -0.339 e. The smallest absolute Gasteiger partial charge is 0.227 e. The maximum atomic E-state index is 12.1. The highest BCUT2D eigenvalue weighted by molar-refractivity contribution is 7.08. The van der Waals surface area contributed by atoms with E-state index >= 15 is 0 Å². The van der Waals surface area contributed by atoms with Crippen molar-refractivity contribution in [3.05, 3.63) is 65.4 Å². The van der Waals surface area contributed by atoms with E-state index in [-0.39, 0.29) is 12.3 Å². The van der Waals surface area contributed by atoms with E-state index in [1.165, 1.54) is 0 Å². The van der Waals surface area contributed by atoms with Gasteiger partial charge in [0.2, 0.25) is 17.6 Å². The predicted octanol–water partition coefficient (Wildman–Crippen LogP) is 3.56. The Balaban J connectivity index is 1.33. The van der Waals surface area contributed by atoms with Gasteiger partial charge in [0.25, 0.3) is 0 Å². The predicted molar refractivity (Wildman–Crippen MR) is 98.1 cm³/mol. The van der Waals surface area contributed by atoms with Crippen LogP contribution in [0.25, 0.3) is 17.1 Å². The quantitative estimate of drug-likeness (QED) is 0.565. The molecule has 1 aromatic carbocycles. The van der Waals surface area contributed by atoms with Crippen LogP contribution in [0.5, 0.6) is 0 Å². The summed E-state index contributed by atoms with van der Waals surface area (Å²) >= 11 is 1.57. The molecular weight excluding hydrogens is 350 g/mol. The van der Waals surface area contributed by atoms with E-state index in [4.69, 9.17) is 4.52 Å². The highest BCUT2D eigenvalue weighted by atomic mass is 32.1. The van der Waals surface area contributed by atoms with Crippen LogP contribution in [0, 0.1) is 0 Å². The number of para-hydroxylation sites is 1. The first kappa shape index (κ1) is 16.2. The largest absolute Gasteiger partial charge is 0.339 e. The summed E-state index contributed by atoms with van der Waals surface area (Å²) in [6.45, 7) is 0. The number of nitrogens with one attached hydrogen (secondary N) is 1. The number of carbonyl (C=O) groups excluding carboxylic acids is 1. The molecule has 0 fully saturated rings. The Morgan fingerprint density at radius 3 is 2.92 bits per heavy atom. The summed E-state index contributed by atoms with van der Waals surface area (Å²) in [5, 5.41) is 14.9. The van der Waals surface area contributed by atoms with Crippen LogP contribution in [0.2, 0.25) is 0 Å². The zero-order chi connectivity index (χ0) is 17.8. The second-order valence-electron chi connectivity index (χ2n) is 5.58. The summed E-state index contributed by atoms with van der Waals surface area (Å²) in [6, 6.07) is 11.6. The molecule has 4 rings (SSSR count). The third-order valence-corrected chi connectivity index (χ3v) is 4.38. The molecule has 1 N–H and O–H groups in total. The van der Waals surface area contributed by atoms with Crippen molar-refractivity contribution >= 4 is 22.9 Å². The van der Waals surface area contributed by atoms with Gasteiger partial charge in [0.15, 0.2) is 0 Å². The molecular formula is C18H15N5O2S. The Hall–Kier alpha value is -3.26. The first-order valence-electron chi connectivity index (χ1n) is 8.03. The maximum Gasteiger partial charge on any atom is 0.227 e. The van der Waals surface area contributed by atoms with E-state index in [0.29, 0.717) is 23.8 Å². The molecule has 0 aliphatic heterocycles. The zero-order valence-electron chi connectivity index (χ0n) is 13.7. The fourth-order valence-electron chi connectivity index (χ4n) is 2.42. The van der Waals surface area contributed by atoms with Crippen molar-refractivity contribution in [3.63, 3.8) is 0 Å². The number of amides is 1. The zero-order valence-corrected chi connectivity index (χ0v) is 14.5. The molecule has 0 bridgehead atoms. The molecule has 0 unspecified atom stereocenters. The monoisotopic (exact) mass is 365 g/mol. The number of hydrogen-bond acceptors (Lipinski definition) is 6. The number of benzene rings is 1. The van der Waals surface area contributed by atoms with E-state index < -0.39 is 0 Å². The van der Waals surface area contributed by atoms with Gasteiger partial charge in [0.1, 0.15) is 0 Å². The van der Waals surface area contributed by atoms with Gasteiger partial charge in [-0.15, -0.1) is 0 Å². The molecule has 0 aliphatic rings. The van der Waals surface area contributed by atoms with Crippen molar-refractivity contribution in [3.8, 4) is 17.1 Å². The number of carbonyl (C=O) groups is 1. The van der Waals surface area contributed by atoms with E-state index in [2.05, 4.69) is 20.6 Å². The van der Waals surface area contributed by atoms with Gasteiger partial charge >= 0.3 is 0 Å². The molecule has 7 nitrogen and oxygen atoms in total. The van der Waals surface area contributed by atoms with Crippen LogP contribution >= 0.6 is 11.3 Å². The molecule has 8 heteroatoms. The minimum atomic E-state index is -0.132. The van der Waals surface area contributed by atoms with Crippen LogP contribution in [-0.2, 0) is 11.2 Å². The summed E-state index contributed by atoms with van der Waals surface area (Å²) in [7, 11) is 0. The van der Waals surface area contributed by atoms with Crippen molar-refractivity contribution in [2.24, 2.45) is 0 Å². The van der Waals surface area contributed by atoms with Crippen molar-refractivity contribution in [1.29, 1.82) is 0 Å². The van der Waals surface area contributed by atoms with Crippen LogP contribution in [0.3, 0.4) is 0 Å². The fraction of sp³-hybridized carbons (Fsp3) is 0.111. The van der Waals surface area contributed by atoms with E-state index in [1.54, 1.807) is 28.4 Å². The molecule has 26 heavy (non-hydrogen) atoms. The average molecular weight is 365 g/mol. The number of thiophene rings is 1. The van der Waals surface area contributed by atoms with Crippen LogP contribution in [-0.4, -0.2) is 25.8 Å². The van der Waals surface area contributed by atoms with Crippen LogP contribution in [0.15, 0.2) is 64.1 Å². The second-order valence-corrected chi connectivity index (χ2v) is 6.36.